The van der Waals surface area contributed by atoms with Crippen molar-refractivity contribution in [3.63, 3.8) is 0 Å². The molecule has 0 bridgehead atoms. The van der Waals surface area contributed by atoms with E-state index in [9.17, 15) is 0 Å². The zero-order valence-electron chi connectivity index (χ0n) is 5.52. The molecular weight excluding hydrogens is 134 g/mol. The average molecular weight is 146 g/mol. The molecule has 0 N–H and O–H groups in total. The van der Waals surface area contributed by atoms with Crippen LogP contribution in [0.3, 0.4) is 0 Å². The first-order valence-corrected chi connectivity index (χ1v) is 3.71. The van der Waals surface area contributed by atoms with Crippen LogP contribution >= 0.6 is 11.8 Å². The monoisotopic (exact) mass is 145 g/mol. The quantitative estimate of drug-likeness (QED) is 0.425. The van der Waals surface area contributed by atoms with Crippen molar-refractivity contribution in [3.8, 4) is 0 Å². The van der Waals surface area contributed by atoms with Gasteiger partial charge >= 0.3 is 0 Å². The van der Waals surface area contributed by atoms with Gasteiger partial charge < -0.3 is 0 Å². The molecule has 1 nitrogen and oxygen atoms in total. The third-order valence-electron chi connectivity index (χ3n) is 1.74. The van der Waals surface area contributed by atoms with Crippen LogP contribution in [-0.4, -0.2) is 17.0 Å². The maximum absolute atomic E-state index is 5.84. The molecule has 1 atom stereocenters. The maximum atomic E-state index is 5.84. The molecule has 1 aliphatic heterocycles. The van der Waals surface area contributed by atoms with Gasteiger partial charge in [0.1, 0.15) is 0 Å². The molecule has 0 aromatic carbocycles. The number of hydrogen-bond donors (Lipinski definition) is 0. The second-order valence-corrected chi connectivity index (χ2v) is 2.88. The Labute approximate surface area is 61.4 Å². The molecule has 0 amide bonds. The average Bonchev–Trinajstić information content (AvgIpc) is 2.18. The zero-order valence-corrected chi connectivity index (χ0v) is 6.27. The molecule has 1 heterocycles. The lowest BCUT2D eigenvalue weighted by Crippen LogP contribution is -2.18. The van der Waals surface area contributed by atoms with Crippen LogP contribution in [0, 0.1) is 0 Å². The molecule has 0 radical (unpaired) electrons. The summed E-state index contributed by atoms with van der Waals surface area (Å²) in [6.45, 7) is 4.72. The van der Waals surface area contributed by atoms with E-state index >= 15 is 0 Å². The standard InChI is InChI=1S/C7H12ClN/c1-2-4-7-5-3-6-9(7)8/h2,7H,1,3-6H2. The Kier molecular flexibility index (Phi) is 2.55. The highest BCUT2D eigenvalue weighted by molar-refractivity contribution is 6.13. The van der Waals surface area contributed by atoms with E-state index in [1.165, 1.54) is 12.8 Å². The van der Waals surface area contributed by atoms with Crippen molar-refractivity contribution < 1.29 is 0 Å². The first-order chi connectivity index (χ1) is 4.34. The van der Waals surface area contributed by atoms with E-state index in [-0.39, 0.29) is 0 Å². The smallest absolute Gasteiger partial charge is 0.0286 e. The summed E-state index contributed by atoms with van der Waals surface area (Å²) in [6, 6.07) is 0.559. The van der Waals surface area contributed by atoms with E-state index in [2.05, 4.69) is 6.58 Å². The van der Waals surface area contributed by atoms with Gasteiger partial charge in [0.05, 0.1) is 0 Å². The van der Waals surface area contributed by atoms with E-state index in [0.717, 1.165) is 13.0 Å². The van der Waals surface area contributed by atoms with Gasteiger partial charge in [-0.25, -0.2) is 4.42 Å². The molecule has 2 heteroatoms. The highest BCUT2D eigenvalue weighted by Gasteiger charge is 2.20. The van der Waals surface area contributed by atoms with Gasteiger partial charge in [-0.15, -0.1) is 6.58 Å². The van der Waals surface area contributed by atoms with Crippen LogP contribution in [-0.2, 0) is 0 Å². The zero-order chi connectivity index (χ0) is 6.69. The molecular formula is C7H12ClN. The fraction of sp³-hybridized carbons (Fsp3) is 0.714. The normalized spacial score (nSPS) is 28.8. The lowest BCUT2D eigenvalue weighted by Gasteiger charge is -2.13. The first kappa shape index (κ1) is 7.10. The van der Waals surface area contributed by atoms with E-state index in [4.69, 9.17) is 11.8 Å². The van der Waals surface area contributed by atoms with E-state index in [0.29, 0.717) is 6.04 Å². The van der Waals surface area contributed by atoms with Gasteiger partial charge in [-0.3, -0.25) is 0 Å². The molecule has 9 heavy (non-hydrogen) atoms. The van der Waals surface area contributed by atoms with Gasteiger partial charge in [0.2, 0.25) is 0 Å². The Morgan fingerprint density at radius 1 is 1.78 bits per heavy atom. The summed E-state index contributed by atoms with van der Waals surface area (Å²) in [5.74, 6) is 0. The van der Waals surface area contributed by atoms with Crippen LogP contribution in [0.5, 0.6) is 0 Å². The Morgan fingerprint density at radius 2 is 2.56 bits per heavy atom. The Balaban J connectivity index is 2.30. The molecule has 52 valence electrons. The van der Waals surface area contributed by atoms with Crippen molar-refractivity contribution >= 4 is 11.8 Å². The summed E-state index contributed by atoms with van der Waals surface area (Å²) in [6.07, 6.45) is 5.44. The topological polar surface area (TPSA) is 3.24 Å². The fourth-order valence-corrected chi connectivity index (χ4v) is 1.52. The van der Waals surface area contributed by atoms with Gasteiger partial charge in [0.25, 0.3) is 0 Å². The lowest BCUT2D eigenvalue weighted by atomic mass is 10.2. The molecule has 0 saturated carbocycles. The first-order valence-electron chi connectivity index (χ1n) is 3.38. The van der Waals surface area contributed by atoms with Crippen LogP contribution < -0.4 is 0 Å². The molecule has 0 aliphatic carbocycles. The molecule has 1 unspecified atom stereocenters. The number of rotatable bonds is 2. The summed E-state index contributed by atoms with van der Waals surface area (Å²) in [5.41, 5.74) is 0. The van der Waals surface area contributed by atoms with Gasteiger partial charge in [0, 0.05) is 12.6 Å². The second kappa shape index (κ2) is 3.23. The van der Waals surface area contributed by atoms with Crippen LogP contribution in [0.2, 0.25) is 0 Å². The number of hydrogen-bond acceptors (Lipinski definition) is 1. The minimum Gasteiger partial charge on any atom is -0.217 e. The van der Waals surface area contributed by atoms with Gasteiger partial charge in [-0.05, 0) is 31.0 Å². The van der Waals surface area contributed by atoms with Crippen molar-refractivity contribution in [1.82, 2.24) is 4.42 Å². The highest BCUT2D eigenvalue weighted by atomic mass is 35.5. The molecule has 0 spiro atoms. The van der Waals surface area contributed by atoms with Crippen LogP contribution in [0.1, 0.15) is 19.3 Å². The van der Waals surface area contributed by atoms with Crippen LogP contribution in [0.15, 0.2) is 12.7 Å². The summed E-state index contributed by atoms with van der Waals surface area (Å²) >= 11 is 5.84. The van der Waals surface area contributed by atoms with Gasteiger partial charge in [0.15, 0.2) is 0 Å². The summed E-state index contributed by atoms with van der Waals surface area (Å²) in [7, 11) is 0. The molecule has 1 aliphatic rings. The molecule has 1 rings (SSSR count). The predicted molar refractivity (Wildman–Crippen MR) is 40.4 cm³/mol. The number of nitrogens with zero attached hydrogens (tertiary/aromatic N) is 1. The Hall–Kier alpha value is -0.0100. The van der Waals surface area contributed by atoms with Crippen molar-refractivity contribution in [3.05, 3.63) is 12.7 Å². The van der Waals surface area contributed by atoms with E-state index in [1.54, 1.807) is 0 Å². The van der Waals surface area contributed by atoms with E-state index < -0.39 is 0 Å². The fourth-order valence-electron chi connectivity index (χ4n) is 1.23. The third kappa shape index (κ3) is 1.70. The maximum Gasteiger partial charge on any atom is 0.0286 e. The summed E-state index contributed by atoms with van der Waals surface area (Å²) in [4.78, 5) is 0. The van der Waals surface area contributed by atoms with E-state index in [1.807, 2.05) is 10.5 Å². The minimum atomic E-state index is 0.559. The van der Waals surface area contributed by atoms with Gasteiger partial charge in [-0.1, -0.05) is 6.08 Å². The van der Waals surface area contributed by atoms with Gasteiger partial charge in [-0.2, -0.15) is 0 Å². The highest BCUT2D eigenvalue weighted by Crippen LogP contribution is 2.21. The molecule has 0 aromatic rings. The largest absolute Gasteiger partial charge is 0.217 e. The van der Waals surface area contributed by atoms with Crippen molar-refractivity contribution in [2.24, 2.45) is 0 Å². The minimum absolute atomic E-state index is 0.559. The molecule has 0 aromatic heterocycles. The SMILES string of the molecule is C=CCC1CCCN1Cl. The van der Waals surface area contributed by atoms with Crippen LogP contribution in [0.4, 0.5) is 0 Å². The molecule has 1 fully saturated rings. The molecule has 1 saturated heterocycles. The van der Waals surface area contributed by atoms with Crippen molar-refractivity contribution in [1.29, 1.82) is 0 Å². The summed E-state index contributed by atoms with van der Waals surface area (Å²) in [5, 5.41) is 0. The Bertz CT molecular complexity index is 103. The summed E-state index contributed by atoms with van der Waals surface area (Å²) < 4.78 is 1.89. The van der Waals surface area contributed by atoms with Crippen LogP contribution in [0.25, 0.3) is 0 Å². The lowest BCUT2D eigenvalue weighted by molar-refractivity contribution is 0.425. The number of halogens is 1. The Morgan fingerprint density at radius 3 is 3.00 bits per heavy atom. The van der Waals surface area contributed by atoms with Crippen molar-refractivity contribution in [2.45, 2.75) is 25.3 Å². The predicted octanol–water partition coefficient (Wildman–Crippen LogP) is 2.18. The second-order valence-electron chi connectivity index (χ2n) is 2.44. The van der Waals surface area contributed by atoms with Crippen molar-refractivity contribution in [2.75, 3.05) is 6.54 Å². The third-order valence-corrected chi connectivity index (χ3v) is 2.19.